The highest BCUT2D eigenvalue weighted by Gasteiger charge is 2.14. The molecule has 0 bridgehead atoms. The zero-order chi connectivity index (χ0) is 20.1. The van der Waals surface area contributed by atoms with E-state index in [2.05, 4.69) is 20.6 Å². The van der Waals surface area contributed by atoms with E-state index in [-0.39, 0.29) is 17.7 Å². The molecule has 0 aliphatic heterocycles. The second kappa shape index (κ2) is 8.79. The maximum Gasteiger partial charge on any atom is 0.231 e. The highest BCUT2D eigenvalue weighted by Crippen LogP contribution is 2.27. The number of thioether (sulfide) groups is 1. The summed E-state index contributed by atoms with van der Waals surface area (Å²) in [6.07, 6.45) is 1.59. The van der Waals surface area contributed by atoms with Crippen LogP contribution in [-0.2, 0) is 4.79 Å². The number of hydrogen-bond donors (Lipinski definition) is 2. The molecule has 146 valence electrons. The number of rotatable bonds is 7. The molecule has 2 N–H and O–H groups in total. The van der Waals surface area contributed by atoms with Gasteiger partial charge >= 0.3 is 0 Å². The second-order valence-electron chi connectivity index (χ2n) is 6.46. The third kappa shape index (κ3) is 4.75. The van der Waals surface area contributed by atoms with Crippen molar-refractivity contribution in [3.8, 4) is 0 Å². The van der Waals surface area contributed by atoms with E-state index in [1.807, 2.05) is 67.6 Å². The number of amides is 1. The van der Waals surface area contributed by atoms with Crippen LogP contribution in [0, 0.1) is 0 Å². The van der Waals surface area contributed by atoms with E-state index in [0.29, 0.717) is 11.0 Å². The first-order valence-corrected chi connectivity index (χ1v) is 10.2. The molecule has 2 aromatic heterocycles. The lowest BCUT2D eigenvalue weighted by atomic mass is 10.2. The van der Waals surface area contributed by atoms with Crippen molar-refractivity contribution in [2.75, 3.05) is 11.1 Å². The smallest absolute Gasteiger partial charge is 0.231 e. The van der Waals surface area contributed by atoms with Gasteiger partial charge in [-0.05, 0) is 43.3 Å². The maximum atomic E-state index is 12.3. The molecule has 2 heterocycles. The lowest BCUT2D eigenvalue weighted by molar-refractivity contribution is -0.119. The van der Waals surface area contributed by atoms with Gasteiger partial charge in [-0.25, -0.2) is 9.97 Å². The molecule has 4 aromatic rings. The Labute approximate surface area is 172 Å². The highest BCUT2D eigenvalue weighted by molar-refractivity contribution is 7.99. The highest BCUT2D eigenvalue weighted by atomic mass is 32.2. The Balaban J connectivity index is 1.49. The largest absolute Gasteiger partial charge is 0.467 e. The van der Waals surface area contributed by atoms with Crippen molar-refractivity contribution in [3.05, 3.63) is 78.8 Å². The monoisotopic (exact) mass is 404 g/mol. The Hall–Kier alpha value is -3.32. The summed E-state index contributed by atoms with van der Waals surface area (Å²) >= 11 is 1.30. The number of benzene rings is 2. The summed E-state index contributed by atoms with van der Waals surface area (Å²) < 4.78 is 5.32. The van der Waals surface area contributed by atoms with E-state index in [1.54, 1.807) is 12.3 Å². The first kappa shape index (κ1) is 19.0. The molecule has 29 heavy (non-hydrogen) atoms. The van der Waals surface area contributed by atoms with Crippen LogP contribution in [0.25, 0.3) is 10.9 Å². The predicted octanol–water partition coefficient (Wildman–Crippen LogP) is 4.94. The minimum Gasteiger partial charge on any atom is -0.467 e. The molecule has 0 radical (unpaired) electrons. The van der Waals surface area contributed by atoms with Crippen molar-refractivity contribution in [1.29, 1.82) is 0 Å². The van der Waals surface area contributed by atoms with Crippen LogP contribution in [0.1, 0.15) is 18.7 Å². The van der Waals surface area contributed by atoms with Crippen LogP contribution < -0.4 is 10.6 Å². The van der Waals surface area contributed by atoms with Gasteiger partial charge in [0.25, 0.3) is 0 Å². The molecule has 0 saturated heterocycles. The lowest BCUT2D eigenvalue weighted by Gasteiger charge is -2.12. The van der Waals surface area contributed by atoms with Crippen molar-refractivity contribution in [3.63, 3.8) is 0 Å². The molecular weight excluding hydrogens is 384 g/mol. The lowest BCUT2D eigenvalue weighted by Crippen LogP contribution is -2.28. The summed E-state index contributed by atoms with van der Waals surface area (Å²) in [4.78, 5) is 21.5. The van der Waals surface area contributed by atoms with Crippen LogP contribution in [0.4, 0.5) is 11.5 Å². The summed E-state index contributed by atoms with van der Waals surface area (Å²) in [5.74, 6) is 1.55. The van der Waals surface area contributed by atoms with Crippen molar-refractivity contribution >= 4 is 40.1 Å². The standard InChI is InChI=1S/C22H20N4O2S/c1-15(19-12-7-13-28-19)23-20(27)14-29-22-25-18-11-6-5-10-17(18)21(26-22)24-16-8-3-2-4-9-16/h2-13,15H,14H2,1H3,(H,23,27)(H,24,25,26)/t15-/m0/s1. The Morgan fingerprint density at radius 3 is 2.62 bits per heavy atom. The molecular formula is C22H20N4O2S. The van der Waals surface area contributed by atoms with Gasteiger partial charge in [-0.2, -0.15) is 0 Å². The van der Waals surface area contributed by atoms with Gasteiger partial charge < -0.3 is 15.1 Å². The maximum absolute atomic E-state index is 12.3. The first-order valence-electron chi connectivity index (χ1n) is 9.23. The predicted molar refractivity (Wildman–Crippen MR) is 115 cm³/mol. The first-order chi connectivity index (χ1) is 14.2. The van der Waals surface area contributed by atoms with E-state index < -0.39 is 0 Å². The Bertz CT molecular complexity index is 1100. The van der Waals surface area contributed by atoms with Crippen LogP contribution in [0.5, 0.6) is 0 Å². The number of nitrogens with one attached hydrogen (secondary N) is 2. The van der Waals surface area contributed by atoms with Crippen molar-refractivity contribution < 1.29 is 9.21 Å². The average molecular weight is 404 g/mol. The molecule has 6 nitrogen and oxygen atoms in total. The van der Waals surface area contributed by atoms with Crippen molar-refractivity contribution in [2.45, 2.75) is 18.1 Å². The second-order valence-corrected chi connectivity index (χ2v) is 7.40. The quantitative estimate of drug-likeness (QED) is 0.336. The molecule has 0 saturated carbocycles. The van der Waals surface area contributed by atoms with E-state index in [0.717, 1.165) is 22.4 Å². The molecule has 0 spiro atoms. The molecule has 4 rings (SSSR count). The molecule has 0 fully saturated rings. The molecule has 0 unspecified atom stereocenters. The van der Waals surface area contributed by atoms with Crippen LogP contribution in [0.3, 0.4) is 0 Å². The zero-order valence-electron chi connectivity index (χ0n) is 15.8. The van der Waals surface area contributed by atoms with E-state index >= 15 is 0 Å². The van der Waals surface area contributed by atoms with Gasteiger partial charge in [-0.1, -0.05) is 42.1 Å². The molecule has 1 amide bonds. The number of carbonyl (C=O) groups is 1. The van der Waals surface area contributed by atoms with Gasteiger partial charge in [-0.3, -0.25) is 4.79 Å². The summed E-state index contributed by atoms with van der Waals surface area (Å²) in [5, 5.41) is 7.74. The summed E-state index contributed by atoms with van der Waals surface area (Å²) in [5.41, 5.74) is 1.77. The number of anilines is 2. The van der Waals surface area contributed by atoms with Gasteiger partial charge in [0.2, 0.25) is 5.91 Å². The Morgan fingerprint density at radius 2 is 1.83 bits per heavy atom. The third-order valence-electron chi connectivity index (χ3n) is 4.30. The Kier molecular flexibility index (Phi) is 5.76. The average Bonchev–Trinajstić information content (AvgIpc) is 3.28. The molecule has 0 aliphatic carbocycles. The van der Waals surface area contributed by atoms with Crippen molar-refractivity contribution in [2.24, 2.45) is 0 Å². The molecule has 1 atom stereocenters. The van der Waals surface area contributed by atoms with Gasteiger partial charge in [-0.15, -0.1) is 0 Å². The number of hydrogen-bond acceptors (Lipinski definition) is 6. The van der Waals surface area contributed by atoms with Crippen LogP contribution in [0.15, 0.2) is 82.6 Å². The number of nitrogens with zero attached hydrogens (tertiary/aromatic N) is 2. The minimum atomic E-state index is -0.189. The summed E-state index contributed by atoms with van der Waals surface area (Å²) in [6, 6.07) is 21.1. The summed E-state index contributed by atoms with van der Waals surface area (Å²) in [6.45, 7) is 1.88. The number of fused-ring (bicyclic) bond motifs is 1. The third-order valence-corrected chi connectivity index (χ3v) is 5.15. The van der Waals surface area contributed by atoms with Crippen LogP contribution >= 0.6 is 11.8 Å². The van der Waals surface area contributed by atoms with Gasteiger partial charge in [0.05, 0.1) is 23.6 Å². The number of furan rings is 1. The molecule has 7 heteroatoms. The fraction of sp³-hybridized carbons (Fsp3) is 0.136. The minimum absolute atomic E-state index is 0.103. The molecule has 2 aromatic carbocycles. The number of carbonyl (C=O) groups excluding carboxylic acids is 1. The zero-order valence-corrected chi connectivity index (χ0v) is 16.6. The van der Waals surface area contributed by atoms with Gasteiger partial charge in [0.1, 0.15) is 11.6 Å². The van der Waals surface area contributed by atoms with E-state index in [4.69, 9.17) is 4.42 Å². The molecule has 0 aliphatic rings. The van der Waals surface area contributed by atoms with Gasteiger partial charge in [0, 0.05) is 11.1 Å². The van der Waals surface area contributed by atoms with Crippen molar-refractivity contribution in [1.82, 2.24) is 15.3 Å². The fourth-order valence-electron chi connectivity index (χ4n) is 2.90. The van der Waals surface area contributed by atoms with E-state index in [9.17, 15) is 4.79 Å². The van der Waals surface area contributed by atoms with Gasteiger partial charge in [0.15, 0.2) is 5.16 Å². The van der Waals surface area contributed by atoms with E-state index in [1.165, 1.54) is 11.8 Å². The number of para-hydroxylation sites is 2. The SMILES string of the molecule is C[C@H](NC(=O)CSc1nc(Nc2ccccc2)c2ccccc2n1)c1ccco1. The number of aromatic nitrogens is 2. The topological polar surface area (TPSA) is 80.0 Å². The Morgan fingerprint density at radius 1 is 1.03 bits per heavy atom. The summed E-state index contributed by atoms with van der Waals surface area (Å²) in [7, 11) is 0. The van der Waals surface area contributed by atoms with Crippen LogP contribution in [0.2, 0.25) is 0 Å². The fourth-order valence-corrected chi connectivity index (χ4v) is 3.56. The van der Waals surface area contributed by atoms with Crippen LogP contribution in [-0.4, -0.2) is 21.6 Å². The normalized spacial score (nSPS) is 11.9.